The number of hydrogen-bond acceptors (Lipinski definition) is 3. The molecule has 1 fully saturated rings. The Bertz CT molecular complexity index is 461. The minimum absolute atomic E-state index is 0.114. The zero-order chi connectivity index (χ0) is 12.4. The molecule has 17 heavy (non-hydrogen) atoms. The molecule has 4 nitrogen and oxygen atoms in total. The van der Waals surface area contributed by atoms with E-state index in [2.05, 4.69) is 4.74 Å². The molecule has 0 spiro atoms. The Balaban J connectivity index is 2.18. The van der Waals surface area contributed by atoms with Gasteiger partial charge in [-0.15, -0.1) is 0 Å². The largest absolute Gasteiger partial charge is 0.469 e. The van der Waals surface area contributed by atoms with Gasteiger partial charge in [-0.3, -0.25) is 9.59 Å². The molecular formula is C12H12FNO3. The number of anilines is 1. The van der Waals surface area contributed by atoms with Crippen LogP contribution in [0.2, 0.25) is 0 Å². The number of carbonyl (C=O) groups excluding carboxylic acids is 2. The van der Waals surface area contributed by atoms with E-state index in [4.69, 9.17) is 0 Å². The van der Waals surface area contributed by atoms with Crippen LogP contribution < -0.4 is 4.90 Å². The van der Waals surface area contributed by atoms with E-state index in [0.29, 0.717) is 5.69 Å². The Kier molecular flexibility index (Phi) is 3.08. The summed E-state index contributed by atoms with van der Waals surface area (Å²) < 4.78 is 17.6. The maximum Gasteiger partial charge on any atom is 0.311 e. The SMILES string of the molecule is COC(=O)[C@@H]1CC(=O)N(c2cccc(F)c2)C1. The van der Waals surface area contributed by atoms with Gasteiger partial charge in [-0.05, 0) is 18.2 Å². The van der Waals surface area contributed by atoms with Gasteiger partial charge >= 0.3 is 5.97 Å². The molecule has 5 heteroatoms. The van der Waals surface area contributed by atoms with Crippen molar-refractivity contribution in [1.82, 2.24) is 0 Å². The summed E-state index contributed by atoms with van der Waals surface area (Å²) >= 11 is 0. The van der Waals surface area contributed by atoms with Crippen molar-refractivity contribution < 1.29 is 18.7 Å². The van der Waals surface area contributed by atoms with Crippen molar-refractivity contribution in [2.24, 2.45) is 5.92 Å². The highest BCUT2D eigenvalue weighted by atomic mass is 19.1. The predicted molar refractivity (Wildman–Crippen MR) is 58.9 cm³/mol. The van der Waals surface area contributed by atoms with Gasteiger partial charge in [0.1, 0.15) is 5.82 Å². The highest BCUT2D eigenvalue weighted by Crippen LogP contribution is 2.26. The Labute approximate surface area is 98.0 Å². The van der Waals surface area contributed by atoms with Crippen LogP contribution in [-0.4, -0.2) is 25.5 Å². The highest BCUT2D eigenvalue weighted by molar-refractivity contribution is 5.99. The lowest BCUT2D eigenvalue weighted by atomic mass is 10.1. The van der Waals surface area contributed by atoms with Crippen LogP contribution in [0.25, 0.3) is 0 Å². The monoisotopic (exact) mass is 237 g/mol. The minimum atomic E-state index is -0.462. The van der Waals surface area contributed by atoms with E-state index in [1.807, 2.05) is 0 Å². The second kappa shape index (κ2) is 4.53. The second-order valence-corrected chi connectivity index (χ2v) is 3.91. The van der Waals surface area contributed by atoms with Gasteiger partial charge in [0.05, 0.1) is 13.0 Å². The Morgan fingerprint density at radius 3 is 2.94 bits per heavy atom. The number of carbonyl (C=O) groups is 2. The van der Waals surface area contributed by atoms with Crippen LogP contribution in [-0.2, 0) is 14.3 Å². The zero-order valence-electron chi connectivity index (χ0n) is 9.35. The van der Waals surface area contributed by atoms with Gasteiger partial charge in [-0.25, -0.2) is 4.39 Å². The lowest BCUT2D eigenvalue weighted by Crippen LogP contribution is -2.26. The smallest absolute Gasteiger partial charge is 0.311 e. The van der Waals surface area contributed by atoms with Gasteiger partial charge in [-0.1, -0.05) is 6.07 Å². The summed E-state index contributed by atoms with van der Waals surface area (Å²) in [5.41, 5.74) is 0.474. The third kappa shape index (κ3) is 2.27. The molecule has 0 unspecified atom stereocenters. The third-order valence-corrected chi connectivity index (χ3v) is 2.78. The molecule has 1 amide bonds. The molecule has 0 N–H and O–H groups in total. The zero-order valence-corrected chi connectivity index (χ0v) is 9.35. The summed E-state index contributed by atoms with van der Waals surface area (Å²) in [7, 11) is 1.29. The summed E-state index contributed by atoms with van der Waals surface area (Å²) in [4.78, 5) is 24.4. The first-order valence-corrected chi connectivity index (χ1v) is 5.25. The lowest BCUT2D eigenvalue weighted by molar-refractivity contribution is -0.145. The molecule has 1 aromatic rings. The van der Waals surface area contributed by atoms with Crippen molar-refractivity contribution in [3.63, 3.8) is 0 Å². The van der Waals surface area contributed by atoms with Crippen molar-refractivity contribution in [1.29, 1.82) is 0 Å². The number of nitrogens with zero attached hydrogens (tertiary/aromatic N) is 1. The summed E-state index contributed by atoms with van der Waals surface area (Å²) in [5.74, 6) is -1.46. The fourth-order valence-corrected chi connectivity index (χ4v) is 1.93. The third-order valence-electron chi connectivity index (χ3n) is 2.78. The van der Waals surface area contributed by atoms with Gasteiger partial charge < -0.3 is 9.64 Å². The highest BCUT2D eigenvalue weighted by Gasteiger charge is 2.35. The van der Waals surface area contributed by atoms with E-state index in [-0.39, 0.29) is 18.9 Å². The summed E-state index contributed by atoms with van der Waals surface area (Å²) in [6, 6.07) is 5.75. The van der Waals surface area contributed by atoms with Gasteiger partial charge in [0.15, 0.2) is 0 Å². The molecule has 1 saturated heterocycles. The number of methoxy groups -OCH3 is 1. The van der Waals surface area contributed by atoms with Crippen LogP contribution in [0.4, 0.5) is 10.1 Å². The van der Waals surface area contributed by atoms with Crippen LogP contribution in [0.1, 0.15) is 6.42 Å². The summed E-state index contributed by atoms with van der Waals surface area (Å²) in [6.45, 7) is 0.245. The Hall–Kier alpha value is -1.91. The van der Waals surface area contributed by atoms with Gasteiger partial charge in [0, 0.05) is 18.7 Å². The first kappa shape index (κ1) is 11.6. The number of halogens is 1. The van der Waals surface area contributed by atoms with Crippen LogP contribution in [0.5, 0.6) is 0 Å². The molecule has 1 aromatic carbocycles. The number of benzene rings is 1. The molecule has 0 radical (unpaired) electrons. The van der Waals surface area contributed by atoms with Crippen LogP contribution in [0.3, 0.4) is 0 Å². The summed E-state index contributed by atoms with van der Waals surface area (Å²) in [5, 5.41) is 0. The molecule has 90 valence electrons. The van der Waals surface area contributed by atoms with Crippen molar-refractivity contribution in [2.45, 2.75) is 6.42 Å². The van der Waals surface area contributed by atoms with E-state index in [9.17, 15) is 14.0 Å². The molecule has 1 aliphatic heterocycles. The molecule has 0 aliphatic carbocycles. The first-order chi connectivity index (χ1) is 8.11. The van der Waals surface area contributed by atoms with Crippen molar-refractivity contribution in [3.8, 4) is 0 Å². The molecule has 1 heterocycles. The number of rotatable bonds is 2. The average Bonchev–Trinajstić information content (AvgIpc) is 2.70. The first-order valence-electron chi connectivity index (χ1n) is 5.25. The number of hydrogen-bond donors (Lipinski definition) is 0. The maximum absolute atomic E-state index is 13.0. The van der Waals surface area contributed by atoms with Crippen molar-refractivity contribution in [2.75, 3.05) is 18.6 Å². The predicted octanol–water partition coefficient (Wildman–Crippen LogP) is 1.35. The van der Waals surface area contributed by atoms with E-state index < -0.39 is 17.7 Å². The molecule has 2 rings (SSSR count). The number of ether oxygens (including phenoxy) is 1. The van der Waals surface area contributed by atoms with E-state index in [1.165, 1.54) is 30.2 Å². The molecule has 0 saturated carbocycles. The van der Waals surface area contributed by atoms with E-state index in [0.717, 1.165) is 0 Å². The standard InChI is InChI=1S/C12H12FNO3/c1-17-12(16)8-5-11(15)14(7-8)10-4-2-3-9(13)6-10/h2-4,6,8H,5,7H2,1H3/t8-/m1/s1. The van der Waals surface area contributed by atoms with Gasteiger partial charge in [-0.2, -0.15) is 0 Å². The number of amides is 1. The average molecular weight is 237 g/mol. The fourth-order valence-electron chi connectivity index (χ4n) is 1.93. The molecule has 1 aliphatic rings. The Morgan fingerprint density at radius 1 is 1.53 bits per heavy atom. The lowest BCUT2D eigenvalue weighted by Gasteiger charge is -2.16. The normalized spacial score (nSPS) is 19.5. The van der Waals surface area contributed by atoms with E-state index in [1.54, 1.807) is 6.07 Å². The van der Waals surface area contributed by atoms with Crippen molar-refractivity contribution >= 4 is 17.6 Å². The fraction of sp³-hybridized carbons (Fsp3) is 0.333. The minimum Gasteiger partial charge on any atom is -0.469 e. The maximum atomic E-state index is 13.0. The summed E-state index contributed by atoms with van der Waals surface area (Å²) in [6.07, 6.45) is 0.114. The van der Waals surface area contributed by atoms with Crippen LogP contribution in [0, 0.1) is 11.7 Å². The quantitative estimate of drug-likeness (QED) is 0.729. The second-order valence-electron chi connectivity index (χ2n) is 3.91. The molecule has 0 aromatic heterocycles. The van der Waals surface area contributed by atoms with Gasteiger partial charge in [0.25, 0.3) is 0 Å². The number of esters is 1. The van der Waals surface area contributed by atoms with Crippen molar-refractivity contribution in [3.05, 3.63) is 30.1 Å². The van der Waals surface area contributed by atoms with Crippen LogP contribution in [0.15, 0.2) is 24.3 Å². The Morgan fingerprint density at radius 2 is 2.29 bits per heavy atom. The molecule has 0 bridgehead atoms. The topological polar surface area (TPSA) is 46.6 Å². The van der Waals surface area contributed by atoms with Gasteiger partial charge in [0.2, 0.25) is 5.91 Å². The molecular weight excluding hydrogens is 225 g/mol. The molecule has 1 atom stereocenters. The van der Waals surface area contributed by atoms with E-state index >= 15 is 0 Å². The van der Waals surface area contributed by atoms with Crippen LogP contribution >= 0.6 is 0 Å².